The highest BCUT2D eigenvalue weighted by Gasteiger charge is 2.34. The number of amides is 3. The molecule has 176 valence electrons. The summed E-state index contributed by atoms with van der Waals surface area (Å²) in [6.07, 6.45) is 1.59. The van der Waals surface area contributed by atoms with Crippen LogP contribution in [0.1, 0.15) is 58.6 Å². The molecule has 0 radical (unpaired) electrons. The standard InChI is InChI=1S/C25H27N5O3S/c1-4-5-21(31)26-19-9-7-17(8-10-19)23(33)27-25-29-28-24(34-25)18-13-22(32)30(14-18)20-11-6-15(2)16(3)12-20/h6-12,18H,4-5,13-14H2,1-3H3,(H,26,31)(H,27,29,33)/t18-/m0/s1. The summed E-state index contributed by atoms with van der Waals surface area (Å²) in [5.74, 6) is -0.376. The number of rotatable bonds is 7. The predicted octanol–water partition coefficient (Wildman–Crippen LogP) is 4.67. The quantitative estimate of drug-likeness (QED) is 0.515. The third-order valence-corrected chi connectivity index (χ3v) is 6.85. The minimum atomic E-state index is -0.312. The molecule has 0 saturated carbocycles. The molecule has 8 nitrogen and oxygen atoms in total. The van der Waals surface area contributed by atoms with Gasteiger partial charge in [0.2, 0.25) is 16.9 Å². The number of hydrogen-bond acceptors (Lipinski definition) is 6. The van der Waals surface area contributed by atoms with Crippen LogP contribution in [-0.4, -0.2) is 34.5 Å². The Bertz CT molecular complexity index is 1220. The van der Waals surface area contributed by atoms with Crippen molar-refractivity contribution in [1.82, 2.24) is 10.2 Å². The molecular weight excluding hydrogens is 450 g/mol. The van der Waals surface area contributed by atoms with Gasteiger partial charge < -0.3 is 10.2 Å². The number of aromatic nitrogens is 2. The highest BCUT2D eigenvalue weighted by atomic mass is 32.1. The van der Waals surface area contributed by atoms with Gasteiger partial charge in [-0.25, -0.2) is 0 Å². The molecule has 3 amide bonds. The van der Waals surface area contributed by atoms with Crippen LogP contribution in [0.25, 0.3) is 0 Å². The van der Waals surface area contributed by atoms with Crippen LogP contribution in [0.5, 0.6) is 0 Å². The van der Waals surface area contributed by atoms with E-state index >= 15 is 0 Å². The molecule has 1 aliphatic heterocycles. The molecular formula is C25H27N5O3S. The SMILES string of the molecule is CCCC(=O)Nc1ccc(C(=O)Nc2nnc([C@H]3CC(=O)N(c4ccc(C)c(C)c4)C3)s2)cc1. The van der Waals surface area contributed by atoms with Gasteiger partial charge in [0.25, 0.3) is 5.91 Å². The fourth-order valence-corrected chi connectivity index (χ4v) is 4.62. The van der Waals surface area contributed by atoms with Gasteiger partial charge in [0.15, 0.2) is 0 Å². The fraction of sp³-hybridized carbons (Fsp3) is 0.320. The topological polar surface area (TPSA) is 104 Å². The minimum Gasteiger partial charge on any atom is -0.326 e. The molecule has 1 saturated heterocycles. The molecule has 1 aromatic heterocycles. The Hall–Kier alpha value is -3.59. The first-order valence-electron chi connectivity index (χ1n) is 11.3. The Morgan fingerprint density at radius 2 is 1.82 bits per heavy atom. The van der Waals surface area contributed by atoms with Crippen LogP contribution in [0, 0.1) is 13.8 Å². The lowest BCUT2D eigenvalue weighted by Crippen LogP contribution is -2.24. The van der Waals surface area contributed by atoms with Gasteiger partial charge in [-0.15, -0.1) is 10.2 Å². The summed E-state index contributed by atoms with van der Waals surface area (Å²) in [6, 6.07) is 12.7. The lowest BCUT2D eigenvalue weighted by Gasteiger charge is -2.17. The zero-order valence-electron chi connectivity index (χ0n) is 19.4. The highest BCUT2D eigenvalue weighted by Crippen LogP contribution is 2.34. The van der Waals surface area contributed by atoms with E-state index in [2.05, 4.69) is 20.8 Å². The van der Waals surface area contributed by atoms with Crippen LogP contribution in [0.15, 0.2) is 42.5 Å². The first kappa shape index (κ1) is 23.6. The van der Waals surface area contributed by atoms with Gasteiger partial charge in [0.05, 0.1) is 0 Å². The van der Waals surface area contributed by atoms with Crippen LogP contribution < -0.4 is 15.5 Å². The van der Waals surface area contributed by atoms with E-state index in [0.29, 0.717) is 35.8 Å². The highest BCUT2D eigenvalue weighted by molar-refractivity contribution is 7.15. The van der Waals surface area contributed by atoms with Crippen molar-refractivity contribution in [3.8, 4) is 0 Å². The predicted molar refractivity (Wildman–Crippen MR) is 133 cm³/mol. The molecule has 2 aromatic carbocycles. The smallest absolute Gasteiger partial charge is 0.257 e. The van der Waals surface area contributed by atoms with Gasteiger partial charge in [-0.3, -0.25) is 19.7 Å². The molecule has 0 unspecified atom stereocenters. The van der Waals surface area contributed by atoms with Crippen molar-refractivity contribution < 1.29 is 14.4 Å². The number of aryl methyl sites for hydroxylation is 2. The van der Waals surface area contributed by atoms with E-state index in [4.69, 9.17) is 0 Å². The van der Waals surface area contributed by atoms with E-state index in [0.717, 1.165) is 22.7 Å². The van der Waals surface area contributed by atoms with Crippen molar-refractivity contribution >= 4 is 45.6 Å². The number of anilines is 3. The number of carbonyl (C=O) groups is 3. The average molecular weight is 478 g/mol. The van der Waals surface area contributed by atoms with Crippen LogP contribution in [0.3, 0.4) is 0 Å². The van der Waals surface area contributed by atoms with Gasteiger partial charge in [-0.1, -0.05) is 24.3 Å². The molecule has 34 heavy (non-hydrogen) atoms. The maximum Gasteiger partial charge on any atom is 0.257 e. The second kappa shape index (κ2) is 10.1. The first-order chi connectivity index (χ1) is 16.3. The number of hydrogen-bond donors (Lipinski definition) is 2. The van der Waals surface area contributed by atoms with Crippen molar-refractivity contribution in [2.45, 2.75) is 46.0 Å². The van der Waals surface area contributed by atoms with Crippen molar-refractivity contribution in [1.29, 1.82) is 0 Å². The third-order valence-electron chi connectivity index (χ3n) is 5.85. The summed E-state index contributed by atoms with van der Waals surface area (Å²) < 4.78 is 0. The molecule has 1 fully saturated rings. The molecule has 9 heteroatoms. The molecule has 1 aliphatic rings. The van der Waals surface area contributed by atoms with Gasteiger partial charge in [0, 0.05) is 42.2 Å². The second-order valence-corrected chi connectivity index (χ2v) is 9.46. The summed E-state index contributed by atoms with van der Waals surface area (Å²) in [5.41, 5.74) is 4.32. The number of nitrogens with zero attached hydrogens (tertiary/aromatic N) is 3. The third kappa shape index (κ3) is 5.31. The molecule has 2 N–H and O–H groups in total. The maximum atomic E-state index is 12.6. The van der Waals surface area contributed by atoms with E-state index in [1.165, 1.54) is 16.9 Å². The van der Waals surface area contributed by atoms with Crippen LogP contribution >= 0.6 is 11.3 Å². The Morgan fingerprint density at radius 1 is 1.06 bits per heavy atom. The monoisotopic (exact) mass is 477 g/mol. The lowest BCUT2D eigenvalue weighted by atomic mass is 10.1. The summed E-state index contributed by atoms with van der Waals surface area (Å²) in [4.78, 5) is 38.7. The van der Waals surface area contributed by atoms with Crippen molar-refractivity contribution in [2.24, 2.45) is 0 Å². The Balaban J connectivity index is 1.38. The van der Waals surface area contributed by atoms with E-state index in [9.17, 15) is 14.4 Å². The summed E-state index contributed by atoms with van der Waals surface area (Å²) >= 11 is 1.28. The molecule has 0 aliphatic carbocycles. The number of carbonyl (C=O) groups excluding carboxylic acids is 3. The van der Waals surface area contributed by atoms with E-state index in [-0.39, 0.29) is 23.6 Å². The van der Waals surface area contributed by atoms with Crippen LogP contribution in [-0.2, 0) is 9.59 Å². The molecule has 3 aromatic rings. The first-order valence-corrected chi connectivity index (χ1v) is 12.1. The van der Waals surface area contributed by atoms with E-state index < -0.39 is 0 Å². The van der Waals surface area contributed by atoms with Gasteiger partial charge in [-0.05, 0) is 67.8 Å². The molecule has 1 atom stereocenters. The summed E-state index contributed by atoms with van der Waals surface area (Å²) in [5, 5.41) is 15.0. The van der Waals surface area contributed by atoms with Crippen molar-refractivity contribution in [2.75, 3.05) is 22.1 Å². The average Bonchev–Trinajstić information content (AvgIpc) is 3.43. The zero-order valence-corrected chi connectivity index (χ0v) is 20.2. The normalized spacial score (nSPS) is 15.4. The van der Waals surface area contributed by atoms with Crippen LogP contribution in [0.2, 0.25) is 0 Å². The zero-order chi connectivity index (χ0) is 24.2. The fourth-order valence-electron chi connectivity index (χ4n) is 3.79. The van der Waals surface area contributed by atoms with Crippen LogP contribution in [0.4, 0.5) is 16.5 Å². The maximum absolute atomic E-state index is 12.6. The second-order valence-electron chi connectivity index (χ2n) is 8.45. The Kier molecular flexibility index (Phi) is 7.02. The van der Waals surface area contributed by atoms with E-state index in [1.807, 2.05) is 39.0 Å². The Morgan fingerprint density at radius 3 is 2.53 bits per heavy atom. The Labute approximate surface area is 202 Å². The molecule has 2 heterocycles. The molecule has 0 bridgehead atoms. The summed E-state index contributed by atoms with van der Waals surface area (Å²) in [6.45, 7) is 6.56. The number of benzene rings is 2. The van der Waals surface area contributed by atoms with E-state index in [1.54, 1.807) is 29.2 Å². The largest absolute Gasteiger partial charge is 0.326 e. The molecule has 4 rings (SSSR count). The van der Waals surface area contributed by atoms with Gasteiger partial charge in [-0.2, -0.15) is 0 Å². The summed E-state index contributed by atoms with van der Waals surface area (Å²) in [7, 11) is 0. The molecule has 0 spiro atoms. The van der Waals surface area contributed by atoms with Gasteiger partial charge in [0.1, 0.15) is 5.01 Å². The van der Waals surface area contributed by atoms with Crippen molar-refractivity contribution in [3.05, 3.63) is 64.2 Å². The van der Waals surface area contributed by atoms with Crippen molar-refractivity contribution in [3.63, 3.8) is 0 Å². The number of nitrogens with one attached hydrogen (secondary N) is 2. The van der Waals surface area contributed by atoms with Gasteiger partial charge >= 0.3 is 0 Å². The lowest BCUT2D eigenvalue weighted by molar-refractivity contribution is -0.117. The minimum absolute atomic E-state index is 0.0532.